The molecule has 0 bridgehead atoms. The Kier molecular flexibility index (Phi) is 5.12. The predicted molar refractivity (Wildman–Crippen MR) is 71.9 cm³/mol. The number of benzene rings is 1. The van der Waals surface area contributed by atoms with Gasteiger partial charge in [-0.1, -0.05) is 30.3 Å². The molecule has 3 heteroatoms. The molecular formula is C14H24N2O. The lowest BCUT2D eigenvalue weighted by Gasteiger charge is -2.33. The lowest BCUT2D eigenvalue weighted by Crippen LogP contribution is -2.47. The van der Waals surface area contributed by atoms with E-state index in [2.05, 4.69) is 37.9 Å². The van der Waals surface area contributed by atoms with Crippen LogP contribution in [0.15, 0.2) is 30.3 Å². The van der Waals surface area contributed by atoms with Crippen molar-refractivity contribution in [3.05, 3.63) is 35.9 Å². The zero-order valence-corrected chi connectivity index (χ0v) is 11.3. The van der Waals surface area contributed by atoms with Crippen LogP contribution in [0.4, 0.5) is 0 Å². The summed E-state index contributed by atoms with van der Waals surface area (Å²) in [5, 5.41) is 0. The second-order valence-corrected chi connectivity index (χ2v) is 5.00. The van der Waals surface area contributed by atoms with Gasteiger partial charge in [-0.05, 0) is 26.5 Å². The Balaban J connectivity index is 2.66. The van der Waals surface area contributed by atoms with Gasteiger partial charge in [0, 0.05) is 19.7 Å². The van der Waals surface area contributed by atoms with Gasteiger partial charge in [0.05, 0.1) is 12.1 Å². The molecule has 0 aliphatic carbocycles. The van der Waals surface area contributed by atoms with Crippen molar-refractivity contribution in [2.24, 2.45) is 5.73 Å². The first-order valence-corrected chi connectivity index (χ1v) is 6.01. The zero-order chi connectivity index (χ0) is 12.9. The van der Waals surface area contributed by atoms with Gasteiger partial charge in [0.25, 0.3) is 0 Å². The third kappa shape index (κ3) is 4.11. The molecule has 0 heterocycles. The van der Waals surface area contributed by atoms with Crippen LogP contribution in [0, 0.1) is 0 Å². The molecule has 0 saturated carbocycles. The van der Waals surface area contributed by atoms with Crippen LogP contribution < -0.4 is 5.73 Å². The van der Waals surface area contributed by atoms with E-state index in [1.54, 1.807) is 7.11 Å². The molecule has 2 atom stereocenters. The van der Waals surface area contributed by atoms with Crippen LogP contribution in [0.1, 0.15) is 19.4 Å². The summed E-state index contributed by atoms with van der Waals surface area (Å²) in [5.41, 5.74) is 7.22. The lowest BCUT2D eigenvalue weighted by atomic mass is 9.92. The summed E-state index contributed by atoms with van der Waals surface area (Å²) >= 11 is 0. The van der Waals surface area contributed by atoms with Gasteiger partial charge in [0.15, 0.2) is 0 Å². The Hall–Kier alpha value is -0.900. The van der Waals surface area contributed by atoms with E-state index in [9.17, 15) is 0 Å². The number of methoxy groups -OCH3 is 1. The van der Waals surface area contributed by atoms with Gasteiger partial charge in [0.1, 0.15) is 0 Å². The number of rotatable bonds is 6. The summed E-state index contributed by atoms with van der Waals surface area (Å²) in [6, 6.07) is 10.6. The highest BCUT2D eigenvalue weighted by molar-refractivity contribution is 5.23. The van der Waals surface area contributed by atoms with Crippen molar-refractivity contribution in [1.82, 2.24) is 4.90 Å². The number of hydrogen-bond donors (Lipinski definition) is 1. The normalized spacial score (nSPS) is 16.8. The minimum absolute atomic E-state index is 0.335. The summed E-state index contributed by atoms with van der Waals surface area (Å²) in [4.78, 5) is 2.23. The van der Waals surface area contributed by atoms with Crippen LogP contribution >= 0.6 is 0 Å². The maximum atomic E-state index is 6.39. The molecule has 17 heavy (non-hydrogen) atoms. The van der Waals surface area contributed by atoms with Gasteiger partial charge in [-0.25, -0.2) is 0 Å². The van der Waals surface area contributed by atoms with Crippen molar-refractivity contribution in [2.45, 2.75) is 25.4 Å². The Labute approximate surface area is 105 Å². The summed E-state index contributed by atoms with van der Waals surface area (Å²) in [5.74, 6) is 0. The monoisotopic (exact) mass is 236 g/mol. The fourth-order valence-electron chi connectivity index (χ4n) is 1.95. The second-order valence-electron chi connectivity index (χ2n) is 5.00. The van der Waals surface area contributed by atoms with Gasteiger partial charge >= 0.3 is 0 Å². The lowest BCUT2D eigenvalue weighted by molar-refractivity contribution is 0.102. The molecule has 0 amide bonds. The molecule has 96 valence electrons. The van der Waals surface area contributed by atoms with Gasteiger partial charge < -0.3 is 10.5 Å². The molecule has 3 nitrogen and oxygen atoms in total. The molecule has 1 aromatic rings. The van der Waals surface area contributed by atoms with Crippen LogP contribution in [0.2, 0.25) is 0 Å². The Bertz CT molecular complexity index is 324. The molecule has 0 spiro atoms. The van der Waals surface area contributed by atoms with E-state index in [-0.39, 0.29) is 5.54 Å². The van der Waals surface area contributed by atoms with E-state index in [1.807, 2.05) is 18.2 Å². The fraction of sp³-hybridized carbons (Fsp3) is 0.571. The molecule has 0 aromatic heterocycles. The van der Waals surface area contributed by atoms with Gasteiger partial charge in [0.2, 0.25) is 0 Å². The third-order valence-corrected chi connectivity index (χ3v) is 3.17. The molecule has 2 unspecified atom stereocenters. The highest BCUT2D eigenvalue weighted by atomic mass is 16.5. The first-order valence-electron chi connectivity index (χ1n) is 6.01. The number of likely N-dealkylation sites (N-methyl/N-ethyl adjacent to an activating group) is 1. The van der Waals surface area contributed by atoms with Crippen molar-refractivity contribution >= 4 is 0 Å². The zero-order valence-electron chi connectivity index (χ0n) is 11.3. The summed E-state index contributed by atoms with van der Waals surface area (Å²) in [6.07, 6.45) is 0. The minimum atomic E-state index is -0.335. The predicted octanol–water partition coefficient (Wildman–Crippen LogP) is 1.83. The quantitative estimate of drug-likeness (QED) is 0.819. The van der Waals surface area contributed by atoms with Gasteiger partial charge in [-0.2, -0.15) is 0 Å². The van der Waals surface area contributed by atoms with Crippen molar-refractivity contribution in [2.75, 3.05) is 27.3 Å². The molecule has 1 aromatic carbocycles. The van der Waals surface area contributed by atoms with E-state index < -0.39 is 0 Å². The highest BCUT2D eigenvalue weighted by Gasteiger charge is 2.24. The SMILES string of the molecule is COCC(C)N(C)CC(C)(N)c1ccccc1. The van der Waals surface area contributed by atoms with E-state index >= 15 is 0 Å². The average Bonchev–Trinajstić information content (AvgIpc) is 2.30. The Morgan fingerprint density at radius 2 is 1.94 bits per heavy atom. The number of nitrogens with zero attached hydrogens (tertiary/aromatic N) is 1. The van der Waals surface area contributed by atoms with Gasteiger partial charge in [-0.3, -0.25) is 4.90 Å². The number of nitrogens with two attached hydrogens (primary N) is 1. The number of ether oxygens (including phenoxy) is 1. The average molecular weight is 236 g/mol. The van der Waals surface area contributed by atoms with Crippen LogP contribution in [-0.2, 0) is 10.3 Å². The first-order chi connectivity index (χ1) is 7.97. The summed E-state index contributed by atoms with van der Waals surface area (Å²) in [7, 11) is 3.81. The topological polar surface area (TPSA) is 38.5 Å². The molecule has 0 saturated heterocycles. The molecule has 0 radical (unpaired) electrons. The summed E-state index contributed by atoms with van der Waals surface area (Å²) < 4.78 is 5.16. The molecule has 0 aliphatic heterocycles. The largest absolute Gasteiger partial charge is 0.383 e. The maximum Gasteiger partial charge on any atom is 0.0615 e. The second kappa shape index (κ2) is 6.15. The Morgan fingerprint density at radius 3 is 2.47 bits per heavy atom. The minimum Gasteiger partial charge on any atom is -0.383 e. The molecule has 2 N–H and O–H groups in total. The van der Waals surface area contributed by atoms with Crippen LogP contribution in [0.25, 0.3) is 0 Å². The Morgan fingerprint density at radius 1 is 1.35 bits per heavy atom. The van der Waals surface area contributed by atoms with E-state index in [0.717, 1.165) is 18.7 Å². The molecule has 1 rings (SSSR count). The maximum absolute atomic E-state index is 6.39. The van der Waals surface area contributed by atoms with Crippen molar-refractivity contribution < 1.29 is 4.74 Å². The third-order valence-electron chi connectivity index (χ3n) is 3.17. The van der Waals surface area contributed by atoms with Crippen LogP contribution in [0.5, 0.6) is 0 Å². The molecule has 0 fully saturated rings. The first kappa shape index (κ1) is 14.2. The van der Waals surface area contributed by atoms with E-state index in [0.29, 0.717) is 6.04 Å². The fourth-order valence-corrected chi connectivity index (χ4v) is 1.95. The number of hydrogen-bond acceptors (Lipinski definition) is 3. The van der Waals surface area contributed by atoms with Crippen molar-refractivity contribution in [1.29, 1.82) is 0 Å². The van der Waals surface area contributed by atoms with Crippen LogP contribution in [-0.4, -0.2) is 38.3 Å². The summed E-state index contributed by atoms with van der Waals surface area (Å²) in [6.45, 7) is 5.74. The van der Waals surface area contributed by atoms with E-state index in [4.69, 9.17) is 10.5 Å². The van der Waals surface area contributed by atoms with Crippen molar-refractivity contribution in [3.63, 3.8) is 0 Å². The van der Waals surface area contributed by atoms with Gasteiger partial charge in [-0.15, -0.1) is 0 Å². The standard InChI is InChI=1S/C14H24N2O/c1-12(10-17-4)16(3)11-14(2,15)13-8-6-5-7-9-13/h5-9,12H,10-11,15H2,1-4H3. The molecular weight excluding hydrogens is 212 g/mol. The van der Waals surface area contributed by atoms with Crippen molar-refractivity contribution in [3.8, 4) is 0 Å². The highest BCUT2D eigenvalue weighted by Crippen LogP contribution is 2.19. The van der Waals surface area contributed by atoms with Crippen LogP contribution in [0.3, 0.4) is 0 Å². The molecule has 0 aliphatic rings. The smallest absolute Gasteiger partial charge is 0.0615 e. The van der Waals surface area contributed by atoms with E-state index in [1.165, 1.54) is 0 Å².